The summed E-state index contributed by atoms with van der Waals surface area (Å²) in [6.07, 6.45) is 9.69. The van der Waals surface area contributed by atoms with Gasteiger partial charge in [0.05, 0.1) is 23.5 Å². The van der Waals surface area contributed by atoms with E-state index in [9.17, 15) is 0 Å². The molecule has 1 fully saturated rings. The molecule has 1 heterocycles. The maximum Gasteiger partial charge on any atom is 0.0859 e. The average Bonchev–Trinajstić information content (AvgIpc) is 3.12. The highest BCUT2D eigenvalue weighted by Gasteiger charge is 2.19. The van der Waals surface area contributed by atoms with Gasteiger partial charge in [-0.15, -0.1) is 0 Å². The van der Waals surface area contributed by atoms with Crippen molar-refractivity contribution in [2.75, 3.05) is 27.2 Å². The predicted octanol–water partition coefficient (Wildman–Crippen LogP) is 2.25. The minimum absolute atomic E-state index is 0.727. The lowest BCUT2D eigenvalue weighted by atomic mass is 10.3. The van der Waals surface area contributed by atoms with E-state index in [0.29, 0.717) is 0 Å². The van der Waals surface area contributed by atoms with Crippen molar-refractivity contribution in [1.82, 2.24) is 20.0 Å². The molecule has 0 atom stereocenters. The number of hydrogen-bond acceptors (Lipinski definition) is 3. The van der Waals surface area contributed by atoms with E-state index in [1.54, 1.807) is 6.20 Å². The van der Waals surface area contributed by atoms with Crippen LogP contribution in [0, 0.1) is 0 Å². The summed E-state index contributed by atoms with van der Waals surface area (Å²) in [6.45, 7) is 2.87. The normalized spacial score (nSPS) is 15.8. The second-order valence-electron chi connectivity index (χ2n) is 5.32. The zero-order chi connectivity index (χ0) is 13.7. The van der Waals surface area contributed by atoms with Gasteiger partial charge < -0.3 is 10.2 Å². The fourth-order valence-corrected chi connectivity index (χ4v) is 2.07. The van der Waals surface area contributed by atoms with Gasteiger partial charge in [0.15, 0.2) is 0 Å². The predicted molar refractivity (Wildman–Crippen MR) is 80.5 cm³/mol. The van der Waals surface area contributed by atoms with E-state index in [4.69, 9.17) is 11.6 Å². The molecule has 106 valence electrons. The number of nitrogens with zero attached hydrogens (tertiary/aromatic N) is 3. The maximum absolute atomic E-state index is 6.17. The van der Waals surface area contributed by atoms with Crippen LogP contribution in [0.2, 0.25) is 5.02 Å². The summed E-state index contributed by atoms with van der Waals surface area (Å²) >= 11 is 6.17. The number of nitrogens with one attached hydrogen (secondary N) is 1. The van der Waals surface area contributed by atoms with Gasteiger partial charge in [0.1, 0.15) is 0 Å². The Kier molecular flexibility index (Phi) is 5.43. The van der Waals surface area contributed by atoms with Crippen molar-refractivity contribution in [3.63, 3.8) is 0 Å². The number of rotatable bonds is 8. The molecule has 0 aromatic carbocycles. The van der Waals surface area contributed by atoms with Gasteiger partial charge in [-0.2, -0.15) is 5.10 Å². The van der Waals surface area contributed by atoms with Crippen LogP contribution in [0.3, 0.4) is 0 Å². The third-order valence-electron chi connectivity index (χ3n) is 3.19. The zero-order valence-electron chi connectivity index (χ0n) is 11.8. The highest BCUT2D eigenvalue weighted by molar-refractivity contribution is 6.31. The summed E-state index contributed by atoms with van der Waals surface area (Å²) in [4.78, 5) is 2.14. The van der Waals surface area contributed by atoms with Crippen LogP contribution in [0.4, 0.5) is 0 Å². The third-order valence-corrected chi connectivity index (χ3v) is 3.48. The summed E-state index contributed by atoms with van der Waals surface area (Å²) in [6, 6.07) is 0.780. The summed E-state index contributed by atoms with van der Waals surface area (Å²) in [5.41, 5.74) is 1.01. The molecule has 0 unspecified atom stereocenters. The molecule has 1 aromatic heterocycles. The Balaban J connectivity index is 1.82. The molecule has 1 aliphatic carbocycles. The van der Waals surface area contributed by atoms with Crippen LogP contribution >= 0.6 is 11.6 Å². The first-order chi connectivity index (χ1) is 9.16. The van der Waals surface area contributed by atoms with E-state index in [1.165, 1.54) is 12.8 Å². The molecule has 0 amide bonds. The average molecular weight is 283 g/mol. The van der Waals surface area contributed by atoms with E-state index >= 15 is 0 Å². The Bertz CT molecular complexity index is 421. The first-order valence-electron chi connectivity index (χ1n) is 6.93. The molecule has 19 heavy (non-hydrogen) atoms. The molecular formula is C14H23ClN4. The fourth-order valence-electron chi connectivity index (χ4n) is 1.86. The van der Waals surface area contributed by atoms with Crippen molar-refractivity contribution in [3.8, 4) is 0 Å². The smallest absolute Gasteiger partial charge is 0.0859 e. The van der Waals surface area contributed by atoms with E-state index in [1.807, 2.05) is 4.68 Å². The van der Waals surface area contributed by atoms with Crippen molar-refractivity contribution < 1.29 is 0 Å². The Morgan fingerprint density at radius 2 is 2.32 bits per heavy atom. The van der Waals surface area contributed by atoms with Gasteiger partial charge in [0, 0.05) is 12.6 Å². The molecule has 0 aliphatic heterocycles. The molecule has 0 spiro atoms. The summed E-state index contributed by atoms with van der Waals surface area (Å²) < 4.78 is 1.97. The zero-order valence-corrected chi connectivity index (χ0v) is 12.5. The Morgan fingerprint density at radius 3 is 3.00 bits per heavy atom. The minimum Gasteiger partial charge on any atom is -0.314 e. The lowest BCUT2D eigenvalue weighted by molar-refractivity contribution is 0.372. The molecule has 1 N–H and O–H groups in total. The van der Waals surface area contributed by atoms with E-state index in [-0.39, 0.29) is 0 Å². The standard InChI is InChI=1S/C14H23ClN4/c1-18(2)9-10-19-14(13(15)11-17-19)5-3-4-8-16-12-6-7-12/h3,5,11-12,16H,4,6-10H2,1-2H3/b5-3+. The topological polar surface area (TPSA) is 33.1 Å². The van der Waals surface area contributed by atoms with Crippen LogP contribution < -0.4 is 5.32 Å². The molecule has 1 aliphatic rings. The summed E-state index contributed by atoms with van der Waals surface area (Å²) in [7, 11) is 4.12. The Labute approximate surface area is 120 Å². The molecular weight excluding hydrogens is 260 g/mol. The monoisotopic (exact) mass is 282 g/mol. The van der Waals surface area contributed by atoms with Crippen LogP contribution in [0.5, 0.6) is 0 Å². The third kappa shape index (κ3) is 4.97. The van der Waals surface area contributed by atoms with Crippen molar-refractivity contribution in [2.45, 2.75) is 31.8 Å². The van der Waals surface area contributed by atoms with Crippen LogP contribution in [0.1, 0.15) is 25.0 Å². The molecule has 4 nitrogen and oxygen atoms in total. The molecule has 1 saturated carbocycles. The fraction of sp³-hybridized carbons (Fsp3) is 0.643. The molecule has 0 bridgehead atoms. The largest absolute Gasteiger partial charge is 0.314 e. The van der Waals surface area contributed by atoms with Crippen molar-refractivity contribution in [2.24, 2.45) is 0 Å². The lowest BCUT2D eigenvalue weighted by Gasteiger charge is -2.10. The summed E-state index contributed by atoms with van der Waals surface area (Å²) in [5, 5.41) is 8.54. The van der Waals surface area contributed by atoms with Crippen LogP contribution in [0.25, 0.3) is 6.08 Å². The Hall–Kier alpha value is -0.840. The molecule has 0 radical (unpaired) electrons. The van der Waals surface area contributed by atoms with E-state index < -0.39 is 0 Å². The Morgan fingerprint density at radius 1 is 1.53 bits per heavy atom. The van der Waals surface area contributed by atoms with Gasteiger partial charge in [0.2, 0.25) is 0 Å². The van der Waals surface area contributed by atoms with Crippen LogP contribution in [-0.4, -0.2) is 47.9 Å². The van der Waals surface area contributed by atoms with Gasteiger partial charge in [-0.1, -0.05) is 17.7 Å². The minimum atomic E-state index is 0.727. The van der Waals surface area contributed by atoms with Crippen LogP contribution in [0.15, 0.2) is 12.3 Å². The van der Waals surface area contributed by atoms with Crippen molar-refractivity contribution >= 4 is 17.7 Å². The quantitative estimate of drug-likeness (QED) is 0.743. The van der Waals surface area contributed by atoms with Gasteiger partial charge in [-0.05, 0) is 46.0 Å². The SMILES string of the molecule is CN(C)CCn1ncc(Cl)c1/C=C/CCNC1CC1. The molecule has 0 saturated heterocycles. The number of likely N-dealkylation sites (N-methyl/N-ethyl adjacent to an activating group) is 1. The number of halogens is 1. The maximum atomic E-state index is 6.17. The number of hydrogen-bond donors (Lipinski definition) is 1. The van der Waals surface area contributed by atoms with Gasteiger partial charge in [0.25, 0.3) is 0 Å². The van der Waals surface area contributed by atoms with Crippen molar-refractivity contribution in [1.29, 1.82) is 0 Å². The highest BCUT2D eigenvalue weighted by Crippen LogP contribution is 2.19. The second kappa shape index (κ2) is 7.08. The van der Waals surface area contributed by atoms with Crippen LogP contribution in [-0.2, 0) is 6.54 Å². The first kappa shape index (κ1) is 14.6. The second-order valence-corrected chi connectivity index (χ2v) is 5.73. The number of aromatic nitrogens is 2. The molecule has 2 rings (SSSR count). The lowest BCUT2D eigenvalue weighted by Crippen LogP contribution is -2.19. The first-order valence-corrected chi connectivity index (χ1v) is 7.30. The highest BCUT2D eigenvalue weighted by atomic mass is 35.5. The van der Waals surface area contributed by atoms with Crippen molar-refractivity contribution in [3.05, 3.63) is 23.0 Å². The molecule has 5 heteroatoms. The van der Waals surface area contributed by atoms with Gasteiger partial charge >= 0.3 is 0 Å². The van der Waals surface area contributed by atoms with E-state index in [2.05, 4.69) is 41.6 Å². The van der Waals surface area contributed by atoms with Gasteiger partial charge in [-0.25, -0.2) is 0 Å². The molecule has 1 aromatic rings. The summed E-state index contributed by atoms with van der Waals surface area (Å²) in [5.74, 6) is 0. The van der Waals surface area contributed by atoms with E-state index in [0.717, 1.165) is 42.8 Å². The van der Waals surface area contributed by atoms with Gasteiger partial charge in [-0.3, -0.25) is 4.68 Å².